The van der Waals surface area contributed by atoms with Crippen molar-refractivity contribution in [2.75, 3.05) is 31.3 Å². The lowest BCUT2D eigenvalue weighted by Gasteiger charge is -2.36. The fourth-order valence-corrected chi connectivity index (χ4v) is 4.40. The molecule has 4 aromatic rings. The Morgan fingerprint density at radius 2 is 2.16 bits per heavy atom. The number of aliphatic hydroxyl groups is 1. The zero-order valence-electron chi connectivity index (χ0n) is 21.3. The molecule has 3 N–H and O–H groups in total. The summed E-state index contributed by atoms with van der Waals surface area (Å²) >= 11 is 0. The van der Waals surface area contributed by atoms with E-state index in [1.165, 1.54) is 0 Å². The quantitative estimate of drug-likeness (QED) is 0.243. The van der Waals surface area contributed by atoms with Gasteiger partial charge in [-0.05, 0) is 45.4 Å². The molecule has 1 saturated heterocycles. The molecule has 1 fully saturated rings. The standard InChI is InChI=1S/C25H30FN7O5/c1-25(2,3)37-24(35)38-31-19-6-8-32(14-20(19)34)21-5-4-15(11-27-21)17-10-16(36-9-7-26)13-33-22(17)18-12-28-29-23(18)30-33/h4-5,10-13,19-20,31,34H,6-9,14H2,1-3H3,(H,29,30)/t19-,20+/m0/s1. The van der Waals surface area contributed by atoms with Crippen molar-refractivity contribution in [3.8, 4) is 16.9 Å². The van der Waals surface area contributed by atoms with Crippen LogP contribution < -0.4 is 15.1 Å². The summed E-state index contributed by atoms with van der Waals surface area (Å²) in [6.45, 7) is 5.47. The van der Waals surface area contributed by atoms with E-state index in [1.54, 1.807) is 43.9 Å². The van der Waals surface area contributed by atoms with Crippen molar-refractivity contribution in [1.29, 1.82) is 0 Å². The Balaban J connectivity index is 1.30. The maximum absolute atomic E-state index is 12.7. The molecule has 13 heteroatoms. The number of alkyl halides is 1. The number of aliphatic hydroxyl groups excluding tert-OH is 1. The molecule has 0 bridgehead atoms. The number of fused-ring (bicyclic) bond motifs is 3. The van der Waals surface area contributed by atoms with Crippen LogP contribution in [-0.4, -0.2) is 80.2 Å². The highest BCUT2D eigenvalue weighted by Gasteiger charge is 2.30. The molecule has 4 aromatic heterocycles. The largest absolute Gasteiger partial charge is 0.528 e. The number of aromatic amines is 1. The smallest absolute Gasteiger partial charge is 0.489 e. The van der Waals surface area contributed by atoms with E-state index < -0.39 is 30.6 Å². The maximum atomic E-state index is 12.7. The molecule has 0 amide bonds. The monoisotopic (exact) mass is 527 g/mol. The van der Waals surface area contributed by atoms with E-state index in [9.17, 15) is 14.3 Å². The third kappa shape index (κ3) is 5.48. The lowest BCUT2D eigenvalue weighted by molar-refractivity contribution is -0.0549. The summed E-state index contributed by atoms with van der Waals surface area (Å²) in [5.74, 6) is 1.18. The Hall–Kier alpha value is -3.97. The highest BCUT2D eigenvalue weighted by atomic mass is 19.1. The Bertz CT molecular complexity index is 1420. The van der Waals surface area contributed by atoms with E-state index in [0.717, 1.165) is 22.0 Å². The average molecular weight is 528 g/mol. The van der Waals surface area contributed by atoms with Crippen LogP contribution in [0.5, 0.6) is 5.75 Å². The molecular formula is C25H30FN7O5. The highest BCUT2D eigenvalue weighted by Crippen LogP contribution is 2.33. The van der Waals surface area contributed by atoms with Crippen LogP contribution in [0.3, 0.4) is 0 Å². The predicted octanol–water partition coefficient (Wildman–Crippen LogP) is 3.02. The van der Waals surface area contributed by atoms with Gasteiger partial charge in [0.15, 0.2) is 5.65 Å². The first-order valence-corrected chi connectivity index (χ1v) is 12.3. The summed E-state index contributed by atoms with van der Waals surface area (Å²) in [7, 11) is 0. The molecule has 2 atom stereocenters. The molecule has 0 spiro atoms. The maximum Gasteiger partial charge on any atom is 0.528 e. The van der Waals surface area contributed by atoms with Crippen LogP contribution in [0.15, 0.2) is 36.8 Å². The number of ether oxygens (including phenoxy) is 2. The number of carbonyl (C=O) groups is 1. The van der Waals surface area contributed by atoms with Gasteiger partial charge in [-0.3, -0.25) is 5.10 Å². The molecule has 0 aliphatic carbocycles. The number of hydrogen-bond acceptors (Lipinski definition) is 10. The number of carbonyl (C=O) groups excluding carboxylic acids is 1. The Labute approximate surface area is 217 Å². The molecule has 38 heavy (non-hydrogen) atoms. The minimum absolute atomic E-state index is 0.0568. The summed E-state index contributed by atoms with van der Waals surface area (Å²) in [4.78, 5) is 23.4. The van der Waals surface area contributed by atoms with Crippen LogP contribution in [-0.2, 0) is 9.57 Å². The number of piperidine rings is 1. The number of rotatable bonds is 7. The number of nitrogens with one attached hydrogen (secondary N) is 2. The molecule has 0 aromatic carbocycles. The minimum Gasteiger partial charge on any atom is -0.489 e. The fourth-order valence-electron chi connectivity index (χ4n) is 4.40. The van der Waals surface area contributed by atoms with E-state index in [4.69, 9.17) is 14.3 Å². The van der Waals surface area contributed by atoms with E-state index in [2.05, 4.69) is 25.8 Å². The zero-order chi connectivity index (χ0) is 26.9. The van der Waals surface area contributed by atoms with Gasteiger partial charge in [-0.25, -0.2) is 18.7 Å². The Morgan fingerprint density at radius 3 is 2.87 bits per heavy atom. The van der Waals surface area contributed by atoms with Crippen molar-refractivity contribution in [2.24, 2.45) is 0 Å². The van der Waals surface area contributed by atoms with Gasteiger partial charge < -0.3 is 24.3 Å². The lowest BCUT2D eigenvalue weighted by Crippen LogP contribution is -2.53. The summed E-state index contributed by atoms with van der Waals surface area (Å²) in [5.41, 5.74) is 5.02. The highest BCUT2D eigenvalue weighted by molar-refractivity contribution is 6.00. The first-order valence-electron chi connectivity index (χ1n) is 12.3. The Kier molecular flexibility index (Phi) is 7.04. The number of anilines is 1. The minimum atomic E-state index is -0.844. The molecule has 1 aliphatic heterocycles. The zero-order valence-corrected chi connectivity index (χ0v) is 21.3. The van der Waals surface area contributed by atoms with Gasteiger partial charge in [0, 0.05) is 30.4 Å². The molecule has 0 radical (unpaired) electrons. The van der Waals surface area contributed by atoms with Gasteiger partial charge in [-0.15, -0.1) is 10.6 Å². The molecule has 0 saturated carbocycles. The molecule has 0 unspecified atom stereocenters. The predicted molar refractivity (Wildman–Crippen MR) is 137 cm³/mol. The normalized spacial score (nSPS) is 18.2. The Morgan fingerprint density at radius 1 is 1.32 bits per heavy atom. The van der Waals surface area contributed by atoms with E-state index in [1.807, 2.05) is 23.1 Å². The first-order chi connectivity index (χ1) is 18.2. The van der Waals surface area contributed by atoms with Crippen LogP contribution in [0.4, 0.5) is 15.0 Å². The van der Waals surface area contributed by atoms with Gasteiger partial charge in [0.1, 0.15) is 30.4 Å². The number of halogens is 1. The van der Waals surface area contributed by atoms with Gasteiger partial charge in [0.25, 0.3) is 0 Å². The third-order valence-corrected chi connectivity index (χ3v) is 6.10. The van der Waals surface area contributed by atoms with Crippen molar-refractivity contribution in [3.63, 3.8) is 0 Å². The van der Waals surface area contributed by atoms with Crippen molar-refractivity contribution >= 4 is 28.5 Å². The topological polar surface area (TPSA) is 139 Å². The molecule has 5 heterocycles. The van der Waals surface area contributed by atoms with Gasteiger partial charge in [-0.1, -0.05) is 0 Å². The number of pyridine rings is 2. The van der Waals surface area contributed by atoms with Gasteiger partial charge >= 0.3 is 6.16 Å². The number of aromatic nitrogens is 5. The second kappa shape index (κ2) is 10.4. The average Bonchev–Trinajstić information content (AvgIpc) is 3.46. The molecule has 1 aliphatic rings. The molecule has 12 nitrogen and oxygen atoms in total. The van der Waals surface area contributed by atoms with Crippen LogP contribution in [0.1, 0.15) is 27.2 Å². The van der Waals surface area contributed by atoms with Gasteiger partial charge in [-0.2, -0.15) is 5.10 Å². The number of hydrogen-bond donors (Lipinski definition) is 3. The van der Waals surface area contributed by atoms with Crippen molar-refractivity contribution in [3.05, 3.63) is 36.8 Å². The van der Waals surface area contributed by atoms with Crippen LogP contribution in [0.25, 0.3) is 27.7 Å². The number of nitrogens with zero attached hydrogens (tertiary/aromatic N) is 5. The first kappa shape index (κ1) is 25.7. The SMILES string of the molecule is CC(C)(C)OC(=O)ON[C@H]1CCN(c2ccc(-c3cc(OCCF)cn4nc5[nH]ncc5c34)cn2)C[C@H]1O. The fraction of sp³-hybridized carbons (Fsp3) is 0.440. The summed E-state index contributed by atoms with van der Waals surface area (Å²) < 4.78 is 25.0. The number of β-amino-alcohol motifs (C(OH)–C–C–N with tert-alkyl or cyclic N) is 1. The van der Waals surface area contributed by atoms with Crippen LogP contribution in [0, 0.1) is 0 Å². The van der Waals surface area contributed by atoms with Gasteiger partial charge in [0.2, 0.25) is 0 Å². The van der Waals surface area contributed by atoms with Crippen molar-refractivity contribution in [1.82, 2.24) is 30.3 Å². The van der Waals surface area contributed by atoms with Crippen molar-refractivity contribution < 1.29 is 28.6 Å². The second-order valence-electron chi connectivity index (χ2n) is 10.1. The molecule has 5 rings (SSSR count). The van der Waals surface area contributed by atoms with E-state index in [-0.39, 0.29) is 6.61 Å². The molecular weight excluding hydrogens is 497 g/mol. The van der Waals surface area contributed by atoms with E-state index in [0.29, 0.717) is 36.7 Å². The lowest BCUT2D eigenvalue weighted by atomic mass is 10.0. The van der Waals surface area contributed by atoms with Gasteiger partial charge in [0.05, 0.1) is 35.4 Å². The van der Waals surface area contributed by atoms with Crippen molar-refractivity contribution in [2.45, 2.75) is 44.9 Å². The number of H-pyrrole nitrogens is 1. The number of hydroxylamine groups is 1. The third-order valence-electron chi connectivity index (χ3n) is 6.10. The summed E-state index contributed by atoms with van der Waals surface area (Å²) in [5, 5.41) is 22.9. The van der Waals surface area contributed by atoms with Crippen LogP contribution >= 0.6 is 0 Å². The van der Waals surface area contributed by atoms with E-state index >= 15 is 0 Å². The second-order valence-corrected chi connectivity index (χ2v) is 10.1. The summed E-state index contributed by atoms with van der Waals surface area (Å²) in [6, 6.07) is 5.21. The molecule has 202 valence electrons. The van der Waals surface area contributed by atoms with Crippen LogP contribution in [0.2, 0.25) is 0 Å². The summed E-state index contributed by atoms with van der Waals surface area (Å²) in [6.07, 6.45) is 4.04.